The first-order valence-electron chi connectivity index (χ1n) is 31.1. The van der Waals surface area contributed by atoms with Gasteiger partial charge >= 0.3 is 0 Å². The molecular formula is C80H65BN4. The molecule has 0 spiro atoms. The summed E-state index contributed by atoms with van der Waals surface area (Å²) < 4.78 is 5.04. The lowest BCUT2D eigenvalue weighted by molar-refractivity contribution is -0.00512. The summed E-state index contributed by atoms with van der Waals surface area (Å²) in [6, 6.07) is 94.8. The summed E-state index contributed by atoms with van der Waals surface area (Å²) in [4.78, 5) is 5.18. The smallest absolute Gasteiger partial charge is 0.252 e. The first kappa shape index (κ1) is 49.1. The second-order valence-corrected chi connectivity index (χ2v) is 26.7. The highest BCUT2D eigenvalue weighted by Crippen LogP contribution is 2.61. The van der Waals surface area contributed by atoms with Crippen LogP contribution in [0, 0.1) is 17.8 Å². The zero-order valence-electron chi connectivity index (χ0n) is 48.5. The molecule has 4 nitrogen and oxygen atoms in total. The zero-order valence-corrected chi connectivity index (χ0v) is 48.5. The van der Waals surface area contributed by atoms with Crippen LogP contribution in [0.2, 0.25) is 0 Å². The van der Waals surface area contributed by atoms with Crippen molar-refractivity contribution in [3.63, 3.8) is 0 Å². The number of hydrogen-bond donors (Lipinski definition) is 0. The molecule has 2 aromatic heterocycles. The standard InChI is InChI=1S/C80H65BN4/c1-79(2,3)56-33-36-59(37-34-56)82-73-30-17-31-74-77(73)81(68-40-38-60(47-76(68)82)83-70-28-14-12-24-64(70)66-46-57(35-41-72(66)83)80-48-51-42-52(49-80)44-53(43-51)50-80)67-39-32-55(45-75(67)85(74)69-27-13-10-22-61(69)54-18-6-4-7-19-54)62-25-16-26-65-63-23-11-15-29-71(63)84(78(62)65)58-20-8-5-9-21-58/h4-41,45-47,51-53H,42-44,48-50H2,1-3H3. The third kappa shape index (κ3) is 7.35. The molecule has 5 heteroatoms. The minimum Gasteiger partial charge on any atom is -0.311 e. The Balaban J connectivity index is 0.877. The van der Waals surface area contributed by atoms with Gasteiger partial charge in [-0.1, -0.05) is 185 Å². The molecule has 4 aliphatic carbocycles. The quantitative estimate of drug-likeness (QED) is 0.148. The van der Waals surface area contributed by atoms with Gasteiger partial charge in [-0.3, -0.25) is 0 Å². The number of para-hydroxylation sites is 5. The maximum absolute atomic E-state index is 2.64. The molecule has 4 heterocycles. The predicted octanol–water partition coefficient (Wildman–Crippen LogP) is 19.1. The van der Waals surface area contributed by atoms with Gasteiger partial charge in [-0.25, -0.2) is 0 Å². The van der Waals surface area contributed by atoms with Crippen LogP contribution in [-0.4, -0.2) is 15.8 Å². The van der Waals surface area contributed by atoms with Gasteiger partial charge in [0, 0.05) is 72.5 Å². The van der Waals surface area contributed by atoms with Crippen LogP contribution in [0.5, 0.6) is 0 Å². The van der Waals surface area contributed by atoms with E-state index in [4.69, 9.17) is 0 Å². The molecule has 0 radical (unpaired) electrons. The summed E-state index contributed by atoms with van der Waals surface area (Å²) in [6.07, 6.45) is 8.45. The van der Waals surface area contributed by atoms with Crippen molar-refractivity contribution in [1.82, 2.24) is 9.13 Å². The molecule has 19 rings (SSSR count). The Labute approximate surface area is 498 Å². The van der Waals surface area contributed by atoms with Crippen molar-refractivity contribution >= 4 is 101 Å². The van der Waals surface area contributed by atoms with Gasteiger partial charge in [0.1, 0.15) is 0 Å². The van der Waals surface area contributed by atoms with Gasteiger partial charge in [-0.05, 0) is 191 Å². The molecule has 11 aromatic carbocycles. The Kier molecular flexibility index (Phi) is 10.6. The van der Waals surface area contributed by atoms with Gasteiger partial charge in [-0.2, -0.15) is 0 Å². The van der Waals surface area contributed by atoms with Crippen molar-refractivity contribution in [3.8, 4) is 33.6 Å². The maximum Gasteiger partial charge on any atom is 0.252 e. The van der Waals surface area contributed by atoms with Crippen molar-refractivity contribution < 1.29 is 0 Å². The normalized spacial score (nSPS) is 19.3. The van der Waals surface area contributed by atoms with Crippen LogP contribution in [0.4, 0.5) is 34.1 Å². The Morgan fingerprint density at radius 2 is 0.929 bits per heavy atom. The van der Waals surface area contributed by atoms with Crippen LogP contribution >= 0.6 is 0 Å². The molecule has 0 unspecified atom stereocenters. The van der Waals surface area contributed by atoms with E-state index in [1.807, 2.05) is 0 Å². The highest BCUT2D eigenvalue weighted by atomic mass is 15.2. The van der Waals surface area contributed by atoms with Crippen LogP contribution in [0.15, 0.2) is 249 Å². The SMILES string of the molecule is CC(C)(C)c1ccc(N2c3cc(-n4c5ccccc5c5cc(C67CC8CC(CC(C8)C6)C7)ccc54)ccc3B3c4ccc(-c5cccc6c7ccccc7n(-c7ccccc7)c56)cc4N(c4ccccc4-c4ccccc4)c4cccc2c43)cc1. The van der Waals surface area contributed by atoms with Crippen LogP contribution in [0.3, 0.4) is 0 Å². The third-order valence-corrected chi connectivity index (χ3v) is 20.8. The van der Waals surface area contributed by atoms with Crippen LogP contribution in [0.25, 0.3) is 77.2 Å². The monoisotopic (exact) mass is 1090 g/mol. The van der Waals surface area contributed by atoms with Gasteiger partial charge in [0.15, 0.2) is 0 Å². The lowest BCUT2D eigenvalue weighted by Gasteiger charge is -2.57. The van der Waals surface area contributed by atoms with Gasteiger partial charge in [0.2, 0.25) is 0 Å². The van der Waals surface area contributed by atoms with E-state index in [1.54, 1.807) is 5.56 Å². The van der Waals surface area contributed by atoms with E-state index < -0.39 is 0 Å². The number of anilines is 6. The van der Waals surface area contributed by atoms with Crippen molar-refractivity contribution in [2.75, 3.05) is 9.80 Å². The Bertz CT molecular complexity index is 4830. The molecule has 4 saturated carbocycles. The number of aromatic nitrogens is 2. The number of fused-ring (bicyclic) bond motifs is 10. The van der Waals surface area contributed by atoms with Crippen LogP contribution in [-0.2, 0) is 10.8 Å². The second kappa shape index (κ2) is 18.3. The molecule has 2 aliphatic heterocycles. The summed E-state index contributed by atoms with van der Waals surface area (Å²) in [7, 11) is 0. The molecule has 0 amide bonds. The molecule has 85 heavy (non-hydrogen) atoms. The summed E-state index contributed by atoms with van der Waals surface area (Å²) in [6.45, 7) is 6.87. The van der Waals surface area contributed by atoms with Crippen molar-refractivity contribution in [1.29, 1.82) is 0 Å². The van der Waals surface area contributed by atoms with E-state index in [-0.39, 0.29) is 12.1 Å². The highest BCUT2D eigenvalue weighted by molar-refractivity contribution is 7.00. The summed E-state index contributed by atoms with van der Waals surface area (Å²) in [5.74, 6) is 2.69. The summed E-state index contributed by atoms with van der Waals surface area (Å²) in [5.41, 5.74) is 26.2. The van der Waals surface area contributed by atoms with Crippen molar-refractivity contribution in [3.05, 3.63) is 260 Å². The van der Waals surface area contributed by atoms with Gasteiger partial charge < -0.3 is 18.9 Å². The molecule has 408 valence electrons. The van der Waals surface area contributed by atoms with Crippen LogP contribution < -0.4 is 26.2 Å². The lowest BCUT2D eigenvalue weighted by Crippen LogP contribution is -2.61. The van der Waals surface area contributed by atoms with Crippen molar-refractivity contribution in [2.45, 2.75) is 70.1 Å². The third-order valence-electron chi connectivity index (χ3n) is 20.8. The summed E-state index contributed by atoms with van der Waals surface area (Å²) in [5, 5.41) is 5.20. The molecule has 13 aromatic rings. The molecule has 4 fully saturated rings. The van der Waals surface area contributed by atoms with E-state index in [0.29, 0.717) is 5.41 Å². The molecule has 0 saturated heterocycles. The summed E-state index contributed by atoms with van der Waals surface area (Å²) >= 11 is 0. The Morgan fingerprint density at radius 1 is 0.376 bits per heavy atom. The Morgan fingerprint density at radius 3 is 1.66 bits per heavy atom. The minimum absolute atomic E-state index is 0.00740. The Hall–Kier alpha value is -9.32. The highest BCUT2D eigenvalue weighted by Gasteiger charge is 2.52. The zero-order chi connectivity index (χ0) is 56.3. The fourth-order valence-electron chi connectivity index (χ4n) is 17.5. The maximum atomic E-state index is 2.64. The van der Waals surface area contributed by atoms with Gasteiger partial charge in [0.25, 0.3) is 6.71 Å². The molecule has 4 bridgehead atoms. The number of nitrogens with zero attached hydrogens (tertiary/aromatic N) is 4. The molecular weight excluding hydrogens is 1030 g/mol. The van der Waals surface area contributed by atoms with E-state index in [1.165, 1.54) is 155 Å². The largest absolute Gasteiger partial charge is 0.311 e. The number of hydrogen-bond acceptors (Lipinski definition) is 2. The predicted molar refractivity (Wildman–Crippen MR) is 359 cm³/mol. The molecule has 6 aliphatic rings. The van der Waals surface area contributed by atoms with E-state index >= 15 is 0 Å². The van der Waals surface area contributed by atoms with E-state index in [2.05, 4.69) is 288 Å². The average molecular weight is 1090 g/mol. The first-order valence-corrected chi connectivity index (χ1v) is 31.1. The minimum atomic E-state index is -0.0721. The molecule has 0 N–H and O–H groups in total. The topological polar surface area (TPSA) is 16.3 Å². The molecule has 0 atom stereocenters. The average Bonchev–Trinajstić information content (AvgIpc) is 3.44. The van der Waals surface area contributed by atoms with Gasteiger partial charge in [0.05, 0.1) is 27.8 Å². The van der Waals surface area contributed by atoms with Crippen LogP contribution in [0.1, 0.15) is 70.4 Å². The second-order valence-electron chi connectivity index (χ2n) is 26.7. The van der Waals surface area contributed by atoms with E-state index in [9.17, 15) is 0 Å². The lowest BCUT2D eigenvalue weighted by atomic mass is 9.33. The number of benzene rings is 11. The fraction of sp³-hybridized carbons (Fsp3) is 0.175. The van der Waals surface area contributed by atoms with Crippen molar-refractivity contribution in [2.24, 2.45) is 17.8 Å². The number of rotatable bonds is 7. The first-order chi connectivity index (χ1) is 41.7. The van der Waals surface area contributed by atoms with Gasteiger partial charge in [-0.15, -0.1) is 0 Å². The fourth-order valence-corrected chi connectivity index (χ4v) is 17.5. The van der Waals surface area contributed by atoms with E-state index in [0.717, 1.165) is 34.8 Å².